The molecule has 0 radical (unpaired) electrons. The molecule has 0 unspecified atom stereocenters. The van der Waals surface area contributed by atoms with Crippen LogP contribution in [-0.2, 0) is 13.1 Å². The Balaban J connectivity index is 1.99. The molecule has 0 spiro atoms. The van der Waals surface area contributed by atoms with Gasteiger partial charge in [0.25, 0.3) is 0 Å². The molecule has 0 bridgehead atoms. The molecule has 130 valence electrons. The predicted molar refractivity (Wildman–Crippen MR) is 101 cm³/mol. The first-order valence-corrected chi connectivity index (χ1v) is 9.01. The minimum atomic E-state index is 0.366. The zero-order valence-electron chi connectivity index (χ0n) is 14.7. The number of aliphatic imine (C=N–C) groups is 1. The summed E-state index contributed by atoms with van der Waals surface area (Å²) in [6, 6.07) is 8.23. The number of aryl methyl sites for hydroxylation is 1. The molecule has 2 rings (SSSR count). The Hall–Kier alpha value is -1.82. The summed E-state index contributed by atoms with van der Waals surface area (Å²) < 4.78 is 6.44. The number of aromatic nitrogens is 1. The first kappa shape index (κ1) is 18.5. The lowest BCUT2D eigenvalue weighted by Crippen LogP contribution is -2.36. The first-order valence-electron chi connectivity index (χ1n) is 8.22. The summed E-state index contributed by atoms with van der Waals surface area (Å²) in [4.78, 5) is 4.65. The van der Waals surface area contributed by atoms with E-state index in [1.54, 1.807) is 0 Å². The molecule has 1 heterocycles. The summed E-state index contributed by atoms with van der Waals surface area (Å²) in [5, 5.41) is 10.6. The van der Waals surface area contributed by atoms with Crippen LogP contribution in [0.3, 0.4) is 0 Å². The van der Waals surface area contributed by atoms with Crippen LogP contribution in [0.4, 0.5) is 0 Å². The second-order valence-electron chi connectivity index (χ2n) is 5.99. The van der Waals surface area contributed by atoms with E-state index in [0.29, 0.717) is 19.0 Å². The van der Waals surface area contributed by atoms with E-state index in [1.165, 1.54) is 11.1 Å². The summed E-state index contributed by atoms with van der Waals surface area (Å²) in [5.41, 5.74) is 3.40. The van der Waals surface area contributed by atoms with Crippen LogP contribution in [0.15, 0.2) is 38.3 Å². The minimum absolute atomic E-state index is 0.366. The van der Waals surface area contributed by atoms with E-state index < -0.39 is 0 Å². The van der Waals surface area contributed by atoms with Crippen LogP contribution in [0, 0.1) is 6.92 Å². The van der Waals surface area contributed by atoms with Gasteiger partial charge in [-0.15, -0.1) is 0 Å². The second-order valence-corrected chi connectivity index (χ2v) is 6.91. The highest BCUT2D eigenvalue weighted by Gasteiger charge is 2.08. The highest BCUT2D eigenvalue weighted by Crippen LogP contribution is 2.16. The predicted octanol–water partition coefficient (Wildman–Crippen LogP) is 4.12. The molecule has 0 aliphatic rings. The number of nitrogens with one attached hydrogen (secondary N) is 2. The number of halogens is 1. The Morgan fingerprint density at radius 3 is 2.71 bits per heavy atom. The Bertz CT molecular complexity index is 694. The van der Waals surface area contributed by atoms with Gasteiger partial charge in [-0.2, -0.15) is 0 Å². The Kier molecular flexibility index (Phi) is 6.85. The molecular formula is C18H25BrN4O. The normalized spacial score (nSPS) is 11.8. The fraction of sp³-hybridized carbons (Fsp3) is 0.444. The van der Waals surface area contributed by atoms with Gasteiger partial charge in [-0.3, -0.25) is 0 Å². The highest BCUT2D eigenvalue weighted by atomic mass is 79.9. The van der Waals surface area contributed by atoms with Crippen molar-refractivity contribution in [3.05, 3.63) is 51.3 Å². The van der Waals surface area contributed by atoms with Gasteiger partial charge < -0.3 is 15.2 Å². The van der Waals surface area contributed by atoms with E-state index in [1.807, 2.05) is 19.1 Å². The number of guanidine groups is 1. The van der Waals surface area contributed by atoms with Gasteiger partial charge in [0.15, 0.2) is 11.7 Å². The molecule has 0 amide bonds. The third kappa shape index (κ3) is 5.37. The van der Waals surface area contributed by atoms with E-state index in [2.05, 4.69) is 69.6 Å². The fourth-order valence-corrected chi connectivity index (χ4v) is 2.67. The summed E-state index contributed by atoms with van der Waals surface area (Å²) >= 11 is 3.49. The van der Waals surface area contributed by atoms with Crippen LogP contribution < -0.4 is 10.6 Å². The van der Waals surface area contributed by atoms with Gasteiger partial charge >= 0.3 is 0 Å². The zero-order chi connectivity index (χ0) is 17.5. The fourth-order valence-electron chi connectivity index (χ4n) is 2.20. The van der Waals surface area contributed by atoms with Crippen LogP contribution in [0.1, 0.15) is 49.3 Å². The van der Waals surface area contributed by atoms with Gasteiger partial charge in [0, 0.05) is 17.1 Å². The Labute approximate surface area is 152 Å². The smallest absolute Gasteiger partial charge is 0.191 e. The van der Waals surface area contributed by atoms with Crippen LogP contribution in [0.2, 0.25) is 0 Å². The van der Waals surface area contributed by atoms with Gasteiger partial charge in [0.2, 0.25) is 0 Å². The maximum atomic E-state index is 5.35. The molecule has 0 aliphatic carbocycles. The molecule has 24 heavy (non-hydrogen) atoms. The minimum Gasteiger partial charge on any atom is -0.359 e. The maximum absolute atomic E-state index is 5.35. The van der Waals surface area contributed by atoms with Crippen molar-refractivity contribution in [3.8, 4) is 0 Å². The SMILES string of the molecule is CCNC(=NCc1ccc(Br)cc1C)NCc1cc(C(C)C)no1. The second kappa shape index (κ2) is 8.87. The van der Waals surface area contributed by atoms with Crippen molar-refractivity contribution in [1.29, 1.82) is 0 Å². The molecule has 0 saturated carbocycles. The summed E-state index contributed by atoms with van der Waals surface area (Å²) in [6.45, 7) is 10.3. The van der Waals surface area contributed by atoms with E-state index >= 15 is 0 Å². The van der Waals surface area contributed by atoms with Crippen LogP contribution >= 0.6 is 15.9 Å². The number of nitrogens with zero attached hydrogens (tertiary/aromatic N) is 2. The average molecular weight is 393 g/mol. The Morgan fingerprint density at radius 1 is 1.29 bits per heavy atom. The van der Waals surface area contributed by atoms with Gasteiger partial charge in [-0.25, -0.2) is 4.99 Å². The summed E-state index contributed by atoms with van der Waals surface area (Å²) in [6.07, 6.45) is 0. The quantitative estimate of drug-likeness (QED) is 0.573. The summed E-state index contributed by atoms with van der Waals surface area (Å²) in [7, 11) is 0. The van der Waals surface area contributed by atoms with Crippen molar-refractivity contribution in [2.24, 2.45) is 4.99 Å². The third-order valence-corrected chi connectivity index (χ3v) is 4.15. The van der Waals surface area contributed by atoms with Crippen LogP contribution in [0.5, 0.6) is 0 Å². The average Bonchev–Trinajstić information content (AvgIpc) is 3.00. The van der Waals surface area contributed by atoms with Crippen LogP contribution in [-0.4, -0.2) is 17.7 Å². The van der Waals surface area contributed by atoms with Gasteiger partial charge in [0.05, 0.1) is 18.8 Å². The lowest BCUT2D eigenvalue weighted by atomic mass is 10.1. The number of hydrogen-bond acceptors (Lipinski definition) is 3. The lowest BCUT2D eigenvalue weighted by Gasteiger charge is -2.10. The van der Waals surface area contributed by atoms with Crippen molar-refractivity contribution < 1.29 is 4.52 Å². The molecule has 0 atom stereocenters. The molecule has 1 aromatic heterocycles. The Morgan fingerprint density at radius 2 is 2.08 bits per heavy atom. The molecule has 0 fully saturated rings. The lowest BCUT2D eigenvalue weighted by molar-refractivity contribution is 0.372. The molecule has 0 saturated heterocycles. The topological polar surface area (TPSA) is 62.5 Å². The zero-order valence-corrected chi connectivity index (χ0v) is 16.3. The molecular weight excluding hydrogens is 368 g/mol. The van der Waals surface area contributed by atoms with Crippen molar-refractivity contribution in [2.75, 3.05) is 6.54 Å². The number of rotatable bonds is 6. The van der Waals surface area contributed by atoms with Crippen LogP contribution in [0.25, 0.3) is 0 Å². The van der Waals surface area contributed by atoms with E-state index in [-0.39, 0.29) is 0 Å². The van der Waals surface area contributed by atoms with E-state index in [4.69, 9.17) is 4.52 Å². The molecule has 6 heteroatoms. The third-order valence-electron chi connectivity index (χ3n) is 3.66. The monoisotopic (exact) mass is 392 g/mol. The standard InChI is InChI=1S/C18H25BrN4O/c1-5-20-18(21-10-14-6-7-15(19)8-13(14)4)22-11-16-9-17(12(2)3)23-24-16/h6-9,12H,5,10-11H2,1-4H3,(H2,20,21,22). The maximum Gasteiger partial charge on any atom is 0.191 e. The highest BCUT2D eigenvalue weighted by molar-refractivity contribution is 9.10. The molecule has 1 aromatic carbocycles. The van der Waals surface area contributed by atoms with Crippen molar-refractivity contribution in [1.82, 2.24) is 15.8 Å². The number of hydrogen-bond donors (Lipinski definition) is 2. The largest absolute Gasteiger partial charge is 0.359 e. The van der Waals surface area contributed by atoms with Crippen molar-refractivity contribution >= 4 is 21.9 Å². The molecule has 2 aromatic rings. The van der Waals surface area contributed by atoms with Gasteiger partial charge in [0.1, 0.15) is 0 Å². The van der Waals surface area contributed by atoms with E-state index in [9.17, 15) is 0 Å². The molecule has 0 aliphatic heterocycles. The van der Waals surface area contributed by atoms with Gasteiger partial charge in [-0.1, -0.05) is 41.0 Å². The summed E-state index contributed by atoms with van der Waals surface area (Å²) in [5.74, 6) is 1.94. The van der Waals surface area contributed by atoms with Crippen molar-refractivity contribution in [3.63, 3.8) is 0 Å². The van der Waals surface area contributed by atoms with Gasteiger partial charge in [-0.05, 0) is 43.0 Å². The number of benzene rings is 1. The first-order chi connectivity index (χ1) is 11.5. The van der Waals surface area contributed by atoms with E-state index in [0.717, 1.165) is 28.4 Å². The van der Waals surface area contributed by atoms with Crippen molar-refractivity contribution in [2.45, 2.75) is 46.7 Å². The molecule has 2 N–H and O–H groups in total. The molecule has 5 nitrogen and oxygen atoms in total.